The second-order valence-corrected chi connectivity index (χ2v) is 3.56. The standard InChI is InChI=1S/C10H14NO4/c11-9(14)7-3-1-4-10(15,8(7)13)5-2-6-12/h2-3,12,15H,1,4-6H2,(H2,11,14). The molecule has 0 saturated carbocycles. The van der Waals surface area contributed by atoms with Crippen LogP contribution in [0.5, 0.6) is 0 Å². The smallest absolute Gasteiger partial charge is 0.252 e. The summed E-state index contributed by atoms with van der Waals surface area (Å²) in [6, 6.07) is 0. The summed E-state index contributed by atoms with van der Waals surface area (Å²) in [5.74, 6) is -1.46. The number of hydrogen-bond donors (Lipinski definition) is 3. The number of rotatable bonds is 4. The average molecular weight is 212 g/mol. The lowest BCUT2D eigenvalue weighted by Crippen LogP contribution is -2.44. The van der Waals surface area contributed by atoms with Crippen LogP contribution in [0.2, 0.25) is 0 Å². The molecule has 1 radical (unpaired) electrons. The van der Waals surface area contributed by atoms with Gasteiger partial charge in [0, 0.05) is 6.61 Å². The Bertz CT molecular complexity index is 311. The number of nitrogens with two attached hydrogens (primary N) is 1. The number of ketones is 1. The minimum atomic E-state index is -1.58. The molecule has 0 bridgehead atoms. The Balaban J connectivity index is 2.82. The van der Waals surface area contributed by atoms with Crippen LogP contribution in [0.3, 0.4) is 0 Å². The molecule has 1 atom stereocenters. The molecule has 15 heavy (non-hydrogen) atoms. The Labute approximate surface area is 87.6 Å². The predicted octanol–water partition coefficient (Wildman–Crippen LogP) is -0.921. The zero-order chi connectivity index (χ0) is 11.5. The van der Waals surface area contributed by atoms with Crippen molar-refractivity contribution in [3.05, 3.63) is 18.1 Å². The van der Waals surface area contributed by atoms with Gasteiger partial charge in [-0.2, -0.15) is 0 Å². The zero-order valence-electron chi connectivity index (χ0n) is 8.27. The van der Waals surface area contributed by atoms with E-state index >= 15 is 0 Å². The van der Waals surface area contributed by atoms with E-state index in [4.69, 9.17) is 10.8 Å². The third-order valence-electron chi connectivity index (χ3n) is 2.45. The first-order valence-electron chi connectivity index (χ1n) is 4.71. The van der Waals surface area contributed by atoms with Crippen molar-refractivity contribution in [3.8, 4) is 0 Å². The number of Topliss-reactive ketones (excluding diaryl/α,β-unsaturated/α-hetero) is 1. The van der Waals surface area contributed by atoms with Crippen molar-refractivity contribution in [2.45, 2.75) is 24.9 Å². The number of primary amides is 1. The summed E-state index contributed by atoms with van der Waals surface area (Å²) in [5.41, 5.74) is 3.28. The molecule has 4 N–H and O–H groups in total. The minimum absolute atomic E-state index is 0.0347. The molecule has 5 nitrogen and oxygen atoms in total. The minimum Gasteiger partial charge on any atom is -0.396 e. The van der Waals surface area contributed by atoms with Gasteiger partial charge in [0.2, 0.25) is 0 Å². The molecule has 1 amide bonds. The summed E-state index contributed by atoms with van der Waals surface area (Å²) >= 11 is 0. The van der Waals surface area contributed by atoms with Crippen molar-refractivity contribution < 1.29 is 19.8 Å². The molecule has 0 aromatic heterocycles. The summed E-state index contributed by atoms with van der Waals surface area (Å²) < 4.78 is 0. The van der Waals surface area contributed by atoms with Crippen molar-refractivity contribution in [1.29, 1.82) is 0 Å². The lowest BCUT2D eigenvalue weighted by atomic mass is 9.80. The van der Waals surface area contributed by atoms with Crippen LogP contribution in [0.4, 0.5) is 0 Å². The third-order valence-corrected chi connectivity index (χ3v) is 2.45. The van der Waals surface area contributed by atoms with Crippen molar-refractivity contribution in [3.63, 3.8) is 0 Å². The predicted molar refractivity (Wildman–Crippen MR) is 52.5 cm³/mol. The third kappa shape index (κ3) is 2.43. The first kappa shape index (κ1) is 11.9. The Kier molecular flexibility index (Phi) is 3.60. The number of hydrogen-bond acceptors (Lipinski definition) is 4. The Hall–Kier alpha value is -1.20. The molecule has 0 aliphatic heterocycles. The van der Waals surface area contributed by atoms with Crippen LogP contribution < -0.4 is 5.73 Å². The number of carbonyl (C=O) groups excluding carboxylic acids is 2. The molecule has 0 fully saturated rings. The average Bonchev–Trinajstić information content (AvgIpc) is 2.19. The first-order chi connectivity index (χ1) is 7.01. The van der Waals surface area contributed by atoms with E-state index in [1.807, 2.05) is 0 Å². The highest BCUT2D eigenvalue weighted by atomic mass is 16.3. The van der Waals surface area contributed by atoms with Gasteiger partial charge in [-0.3, -0.25) is 9.59 Å². The van der Waals surface area contributed by atoms with Crippen LogP contribution in [-0.4, -0.2) is 34.1 Å². The van der Waals surface area contributed by atoms with Gasteiger partial charge < -0.3 is 15.9 Å². The molecule has 5 heteroatoms. The van der Waals surface area contributed by atoms with Gasteiger partial charge >= 0.3 is 0 Å². The highest BCUT2D eigenvalue weighted by molar-refractivity contribution is 6.22. The van der Waals surface area contributed by atoms with E-state index < -0.39 is 17.3 Å². The second-order valence-electron chi connectivity index (χ2n) is 3.56. The van der Waals surface area contributed by atoms with E-state index in [9.17, 15) is 14.7 Å². The second kappa shape index (κ2) is 4.55. The maximum atomic E-state index is 11.7. The van der Waals surface area contributed by atoms with Gasteiger partial charge in [-0.05, 0) is 25.7 Å². The molecule has 1 rings (SSSR count). The number of amides is 1. The van der Waals surface area contributed by atoms with Gasteiger partial charge in [-0.15, -0.1) is 0 Å². The van der Waals surface area contributed by atoms with Gasteiger partial charge in [-0.1, -0.05) is 6.08 Å². The molecule has 83 valence electrons. The normalized spacial score (nSPS) is 26.3. The van der Waals surface area contributed by atoms with Crippen LogP contribution in [0.25, 0.3) is 0 Å². The van der Waals surface area contributed by atoms with Gasteiger partial charge in [0.15, 0.2) is 5.78 Å². The van der Waals surface area contributed by atoms with Gasteiger partial charge in [0.1, 0.15) is 5.60 Å². The quantitative estimate of drug-likeness (QED) is 0.524. The largest absolute Gasteiger partial charge is 0.396 e. The summed E-state index contributed by atoms with van der Waals surface area (Å²) in [5, 5.41) is 18.5. The molecule has 1 aliphatic rings. The fraction of sp³-hybridized carbons (Fsp3) is 0.500. The van der Waals surface area contributed by atoms with Crippen LogP contribution in [-0.2, 0) is 9.59 Å². The van der Waals surface area contributed by atoms with Crippen LogP contribution in [0, 0.1) is 6.42 Å². The lowest BCUT2D eigenvalue weighted by Gasteiger charge is -2.29. The maximum absolute atomic E-state index is 11.7. The summed E-state index contributed by atoms with van der Waals surface area (Å²) in [6.45, 7) is -0.217. The van der Waals surface area contributed by atoms with Crippen molar-refractivity contribution in [2.75, 3.05) is 6.61 Å². The van der Waals surface area contributed by atoms with E-state index in [-0.39, 0.29) is 25.0 Å². The lowest BCUT2D eigenvalue weighted by molar-refractivity contribution is -0.136. The molecule has 0 aromatic carbocycles. The molecule has 1 unspecified atom stereocenters. The van der Waals surface area contributed by atoms with E-state index in [1.54, 1.807) is 0 Å². The van der Waals surface area contributed by atoms with E-state index in [0.717, 1.165) is 0 Å². The molecule has 0 spiro atoms. The Morgan fingerprint density at radius 1 is 1.67 bits per heavy atom. The zero-order valence-corrected chi connectivity index (χ0v) is 8.27. The fourth-order valence-corrected chi connectivity index (χ4v) is 1.62. The van der Waals surface area contributed by atoms with E-state index in [0.29, 0.717) is 6.42 Å². The van der Waals surface area contributed by atoms with Crippen LogP contribution >= 0.6 is 0 Å². The number of carbonyl (C=O) groups is 2. The Morgan fingerprint density at radius 3 is 2.87 bits per heavy atom. The highest BCUT2D eigenvalue weighted by Gasteiger charge is 2.40. The van der Waals surface area contributed by atoms with E-state index in [2.05, 4.69) is 0 Å². The maximum Gasteiger partial charge on any atom is 0.252 e. The molecule has 1 aliphatic carbocycles. The van der Waals surface area contributed by atoms with Gasteiger partial charge in [0.05, 0.1) is 5.57 Å². The highest BCUT2D eigenvalue weighted by Crippen LogP contribution is 2.28. The molecular formula is C10H14NO4. The summed E-state index contributed by atoms with van der Waals surface area (Å²) in [6.07, 6.45) is 3.55. The van der Waals surface area contributed by atoms with Crippen LogP contribution in [0.1, 0.15) is 19.3 Å². The number of aliphatic hydroxyl groups excluding tert-OH is 1. The molecule has 0 heterocycles. The fourth-order valence-electron chi connectivity index (χ4n) is 1.62. The van der Waals surface area contributed by atoms with Gasteiger partial charge in [-0.25, -0.2) is 0 Å². The molecule has 0 saturated heterocycles. The van der Waals surface area contributed by atoms with Crippen molar-refractivity contribution >= 4 is 11.7 Å². The number of allylic oxidation sites excluding steroid dienone is 1. The number of aliphatic hydroxyl groups is 2. The topological polar surface area (TPSA) is 101 Å². The van der Waals surface area contributed by atoms with Crippen molar-refractivity contribution in [2.24, 2.45) is 5.73 Å². The van der Waals surface area contributed by atoms with Crippen molar-refractivity contribution in [1.82, 2.24) is 0 Å². The molecule has 0 aromatic rings. The van der Waals surface area contributed by atoms with Gasteiger partial charge in [0.25, 0.3) is 5.91 Å². The first-order valence-corrected chi connectivity index (χ1v) is 4.71. The summed E-state index contributed by atoms with van der Waals surface area (Å²) in [4.78, 5) is 22.6. The SMILES string of the molecule is NC(=O)C1=CCCC(O)(C[CH]CO)C1=O. The monoisotopic (exact) mass is 212 g/mol. The Morgan fingerprint density at radius 2 is 2.33 bits per heavy atom. The van der Waals surface area contributed by atoms with Crippen LogP contribution in [0.15, 0.2) is 11.6 Å². The molecular weight excluding hydrogens is 198 g/mol. The summed E-state index contributed by atoms with van der Waals surface area (Å²) in [7, 11) is 0. The van der Waals surface area contributed by atoms with E-state index in [1.165, 1.54) is 12.5 Å².